The molecule has 106 valence electrons. The number of benzene rings is 1. The number of hydrogen-bond donors (Lipinski definition) is 0. The summed E-state index contributed by atoms with van der Waals surface area (Å²) in [5.41, 5.74) is 0.581. The Morgan fingerprint density at radius 1 is 1.16 bits per heavy atom. The monoisotopic (exact) mass is 289 g/mol. The van der Waals surface area contributed by atoms with E-state index in [9.17, 15) is 13.2 Å². The minimum Gasteiger partial charge on any atom is -0.370 e. The lowest BCUT2D eigenvalue weighted by molar-refractivity contribution is -0.138. The molecule has 0 aliphatic carbocycles. The van der Waals surface area contributed by atoms with E-state index in [1.807, 2.05) is 22.7 Å². The van der Waals surface area contributed by atoms with Gasteiger partial charge in [0, 0.05) is 30.3 Å². The molecule has 0 N–H and O–H groups in total. The first-order valence-corrected chi connectivity index (χ1v) is 7.59. The van der Waals surface area contributed by atoms with Crippen molar-refractivity contribution in [3.63, 3.8) is 0 Å². The van der Waals surface area contributed by atoms with Crippen LogP contribution in [0, 0.1) is 0 Å². The summed E-state index contributed by atoms with van der Waals surface area (Å²) in [5.74, 6) is 1.84. The molecule has 0 radical (unpaired) electrons. The van der Waals surface area contributed by atoms with Crippen LogP contribution in [0.1, 0.15) is 30.9 Å². The van der Waals surface area contributed by atoms with Crippen molar-refractivity contribution in [3.05, 3.63) is 29.3 Å². The van der Waals surface area contributed by atoms with Gasteiger partial charge >= 0.3 is 6.18 Å². The average molecular weight is 289 g/mol. The van der Waals surface area contributed by atoms with E-state index in [1.54, 1.807) is 19.9 Å². The van der Waals surface area contributed by atoms with Crippen molar-refractivity contribution in [2.45, 2.75) is 25.9 Å². The number of halogens is 3. The Labute approximate surface area is 116 Å². The van der Waals surface area contributed by atoms with Gasteiger partial charge in [-0.3, -0.25) is 0 Å². The maximum Gasteiger partial charge on any atom is 0.416 e. The Morgan fingerprint density at radius 2 is 1.79 bits per heavy atom. The summed E-state index contributed by atoms with van der Waals surface area (Å²) in [6.45, 7) is 5.23. The molecule has 1 aliphatic rings. The lowest BCUT2D eigenvalue weighted by Crippen LogP contribution is -2.32. The molecule has 0 unspecified atom stereocenters. The fourth-order valence-corrected chi connectivity index (χ4v) is 3.21. The van der Waals surface area contributed by atoms with Crippen LogP contribution in [-0.4, -0.2) is 24.6 Å². The number of thioether (sulfide) groups is 1. The first kappa shape index (κ1) is 14.6. The van der Waals surface area contributed by atoms with E-state index in [-0.39, 0.29) is 5.92 Å². The van der Waals surface area contributed by atoms with Gasteiger partial charge in [-0.25, -0.2) is 0 Å². The van der Waals surface area contributed by atoms with E-state index < -0.39 is 11.7 Å². The van der Waals surface area contributed by atoms with E-state index >= 15 is 0 Å². The fourth-order valence-electron chi connectivity index (χ4n) is 2.31. The molecule has 1 fully saturated rings. The molecule has 1 nitrogen and oxygen atoms in total. The predicted molar refractivity (Wildman–Crippen MR) is 75.1 cm³/mol. The maximum atomic E-state index is 13.1. The molecule has 0 atom stereocenters. The number of alkyl halides is 3. The van der Waals surface area contributed by atoms with Crippen LogP contribution in [0.2, 0.25) is 0 Å². The Hall–Kier alpha value is -0.840. The highest BCUT2D eigenvalue weighted by Crippen LogP contribution is 2.37. The molecular weight excluding hydrogens is 271 g/mol. The largest absolute Gasteiger partial charge is 0.416 e. The van der Waals surface area contributed by atoms with Crippen molar-refractivity contribution in [1.82, 2.24) is 0 Å². The van der Waals surface area contributed by atoms with Crippen LogP contribution < -0.4 is 4.90 Å². The standard InChI is InChI=1S/C14H18F3NS/c1-10(2)12-4-3-11(9-13(12)14(15,16)17)18-5-7-19-8-6-18/h3-4,9-10H,5-8H2,1-2H3. The van der Waals surface area contributed by atoms with Crippen LogP contribution in [0.3, 0.4) is 0 Å². The van der Waals surface area contributed by atoms with Gasteiger partial charge in [-0.2, -0.15) is 24.9 Å². The molecule has 5 heteroatoms. The summed E-state index contributed by atoms with van der Waals surface area (Å²) in [7, 11) is 0. The summed E-state index contributed by atoms with van der Waals surface area (Å²) in [6, 6.07) is 4.76. The van der Waals surface area contributed by atoms with Crippen LogP contribution in [0.4, 0.5) is 18.9 Å². The molecular formula is C14H18F3NS. The number of rotatable bonds is 2. The van der Waals surface area contributed by atoms with Gasteiger partial charge in [-0.05, 0) is 23.6 Å². The van der Waals surface area contributed by atoms with Gasteiger partial charge in [-0.15, -0.1) is 0 Å². The lowest BCUT2D eigenvalue weighted by atomic mass is 9.96. The van der Waals surface area contributed by atoms with E-state index in [2.05, 4.69) is 0 Å². The van der Waals surface area contributed by atoms with Crippen molar-refractivity contribution in [1.29, 1.82) is 0 Å². The smallest absolute Gasteiger partial charge is 0.370 e. The Kier molecular flexibility index (Phi) is 4.33. The van der Waals surface area contributed by atoms with Gasteiger partial charge in [0.2, 0.25) is 0 Å². The van der Waals surface area contributed by atoms with Gasteiger partial charge < -0.3 is 4.90 Å². The highest BCUT2D eigenvalue weighted by atomic mass is 32.2. The third-order valence-corrected chi connectivity index (χ3v) is 4.28. The highest BCUT2D eigenvalue weighted by Gasteiger charge is 2.34. The van der Waals surface area contributed by atoms with Crippen LogP contribution in [0.5, 0.6) is 0 Å². The average Bonchev–Trinajstić information content (AvgIpc) is 2.38. The van der Waals surface area contributed by atoms with Crippen molar-refractivity contribution in [3.8, 4) is 0 Å². The molecule has 1 heterocycles. The van der Waals surface area contributed by atoms with Crippen molar-refractivity contribution < 1.29 is 13.2 Å². The molecule has 0 aromatic heterocycles. The van der Waals surface area contributed by atoms with Crippen LogP contribution in [-0.2, 0) is 6.18 Å². The second-order valence-electron chi connectivity index (χ2n) is 5.02. The Balaban J connectivity index is 2.37. The third kappa shape index (κ3) is 3.38. The minimum atomic E-state index is -4.28. The summed E-state index contributed by atoms with van der Waals surface area (Å²) >= 11 is 1.85. The zero-order chi connectivity index (χ0) is 14.0. The van der Waals surface area contributed by atoms with E-state index in [0.29, 0.717) is 11.3 Å². The molecule has 1 saturated heterocycles. The Morgan fingerprint density at radius 3 is 2.32 bits per heavy atom. The van der Waals surface area contributed by atoms with Gasteiger partial charge in [0.1, 0.15) is 0 Å². The second kappa shape index (κ2) is 5.65. The normalized spacial score (nSPS) is 17.1. The number of hydrogen-bond acceptors (Lipinski definition) is 2. The van der Waals surface area contributed by atoms with Crippen LogP contribution in [0.15, 0.2) is 18.2 Å². The van der Waals surface area contributed by atoms with Gasteiger partial charge in [-0.1, -0.05) is 19.9 Å². The predicted octanol–water partition coefficient (Wildman–Crippen LogP) is 4.38. The summed E-state index contributed by atoms with van der Waals surface area (Å²) < 4.78 is 39.4. The SMILES string of the molecule is CC(C)c1ccc(N2CCSCC2)cc1C(F)(F)F. The topological polar surface area (TPSA) is 3.24 Å². The molecule has 0 saturated carbocycles. The molecule has 0 spiro atoms. The first-order valence-electron chi connectivity index (χ1n) is 6.43. The molecule has 19 heavy (non-hydrogen) atoms. The lowest BCUT2D eigenvalue weighted by Gasteiger charge is -2.29. The third-order valence-electron chi connectivity index (χ3n) is 3.34. The fraction of sp³-hybridized carbons (Fsp3) is 0.571. The highest BCUT2D eigenvalue weighted by molar-refractivity contribution is 7.99. The summed E-state index contributed by atoms with van der Waals surface area (Å²) in [4.78, 5) is 2.04. The summed E-state index contributed by atoms with van der Waals surface area (Å²) in [6.07, 6.45) is -4.28. The maximum absolute atomic E-state index is 13.1. The summed E-state index contributed by atoms with van der Waals surface area (Å²) in [5, 5.41) is 0. The molecule has 0 bridgehead atoms. The number of anilines is 1. The molecule has 1 aromatic carbocycles. The van der Waals surface area contributed by atoms with Gasteiger partial charge in [0.15, 0.2) is 0 Å². The second-order valence-corrected chi connectivity index (χ2v) is 6.25. The zero-order valence-corrected chi connectivity index (χ0v) is 11.9. The molecule has 1 aromatic rings. The molecule has 0 amide bonds. The van der Waals surface area contributed by atoms with Gasteiger partial charge in [0.25, 0.3) is 0 Å². The van der Waals surface area contributed by atoms with Crippen molar-refractivity contribution in [2.75, 3.05) is 29.5 Å². The van der Waals surface area contributed by atoms with Crippen molar-refractivity contribution in [2.24, 2.45) is 0 Å². The molecule has 1 aliphatic heterocycles. The quantitative estimate of drug-likeness (QED) is 0.794. The van der Waals surface area contributed by atoms with E-state index in [1.165, 1.54) is 6.07 Å². The minimum absolute atomic E-state index is 0.123. The van der Waals surface area contributed by atoms with Crippen LogP contribution >= 0.6 is 11.8 Å². The first-order chi connectivity index (χ1) is 8.89. The van der Waals surface area contributed by atoms with Crippen LogP contribution in [0.25, 0.3) is 0 Å². The Bertz CT molecular complexity index is 437. The van der Waals surface area contributed by atoms with Gasteiger partial charge in [0.05, 0.1) is 5.56 Å². The van der Waals surface area contributed by atoms with Crippen molar-refractivity contribution >= 4 is 17.4 Å². The molecule has 2 rings (SSSR count). The van der Waals surface area contributed by atoms with E-state index in [4.69, 9.17) is 0 Å². The number of nitrogens with zero attached hydrogens (tertiary/aromatic N) is 1. The zero-order valence-electron chi connectivity index (χ0n) is 11.1. The van der Waals surface area contributed by atoms with E-state index in [0.717, 1.165) is 24.6 Å².